The predicted molar refractivity (Wildman–Crippen MR) is 117 cm³/mol. The van der Waals surface area contributed by atoms with Crippen molar-refractivity contribution in [3.8, 4) is 0 Å². The molecule has 6 heteroatoms. The molecule has 1 aliphatic heterocycles. The van der Waals surface area contributed by atoms with Gasteiger partial charge in [0.1, 0.15) is 5.82 Å². The van der Waals surface area contributed by atoms with E-state index >= 15 is 4.39 Å². The van der Waals surface area contributed by atoms with Crippen molar-refractivity contribution in [2.24, 2.45) is 5.41 Å². The maximum Gasteiger partial charge on any atom is 0.227 e. The number of fused-ring (bicyclic) bond motifs is 1. The Balaban J connectivity index is 2.07. The molecular formula is C24H24ClFN2O2. The molecule has 0 fully saturated rings. The van der Waals surface area contributed by atoms with Crippen LogP contribution in [0.15, 0.2) is 53.7 Å². The molecule has 0 saturated carbocycles. The van der Waals surface area contributed by atoms with Gasteiger partial charge in [0, 0.05) is 34.7 Å². The third kappa shape index (κ3) is 3.41. The number of allylic oxidation sites excluding steroid dienone is 1. The van der Waals surface area contributed by atoms with Crippen LogP contribution in [0.25, 0.3) is 0 Å². The number of ketones is 1. The van der Waals surface area contributed by atoms with Crippen LogP contribution in [0.5, 0.6) is 0 Å². The molecule has 1 N–H and O–H groups in total. The monoisotopic (exact) mass is 426 g/mol. The lowest BCUT2D eigenvalue weighted by Crippen LogP contribution is -2.39. The van der Waals surface area contributed by atoms with Crippen LogP contribution >= 0.6 is 11.6 Å². The van der Waals surface area contributed by atoms with Crippen LogP contribution in [0.1, 0.15) is 51.6 Å². The first-order chi connectivity index (χ1) is 14.2. The molecule has 0 aromatic heterocycles. The van der Waals surface area contributed by atoms with Crippen molar-refractivity contribution in [3.05, 3.63) is 70.1 Å². The Morgan fingerprint density at radius 3 is 2.63 bits per heavy atom. The quantitative estimate of drug-likeness (QED) is 0.637. The van der Waals surface area contributed by atoms with Gasteiger partial charge in [0.2, 0.25) is 5.91 Å². The highest BCUT2D eigenvalue weighted by molar-refractivity contribution is 6.31. The van der Waals surface area contributed by atoms with Gasteiger partial charge in [0.25, 0.3) is 0 Å². The van der Waals surface area contributed by atoms with E-state index < -0.39 is 11.9 Å². The number of hydrogen-bond acceptors (Lipinski definition) is 3. The smallest absolute Gasteiger partial charge is 0.227 e. The number of carbonyl (C=O) groups is 2. The zero-order valence-corrected chi connectivity index (χ0v) is 18.0. The first-order valence-corrected chi connectivity index (χ1v) is 10.5. The summed E-state index contributed by atoms with van der Waals surface area (Å²) in [5.41, 5.74) is 2.37. The summed E-state index contributed by atoms with van der Waals surface area (Å²) in [5.74, 6) is -0.843. The Bertz CT molecular complexity index is 1060. The van der Waals surface area contributed by atoms with E-state index in [9.17, 15) is 9.59 Å². The molecule has 0 radical (unpaired) electrons. The van der Waals surface area contributed by atoms with E-state index in [1.807, 2.05) is 38.1 Å². The van der Waals surface area contributed by atoms with Crippen molar-refractivity contribution in [3.63, 3.8) is 0 Å². The van der Waals surface area contributed by atoms with Crippen molar-refractivity contribution in [2.75, 3.05) is 10.2 Å². The zero-order valence-electron chi connectivity index (χ0n) is 17.3. The van der Waals surface area contributed by atoms with E-state index in [1.54, 1.807) is 13.0 Å². The summed E-state index contributed by atoms with van der Waals surface area (Å²) in [6, 6.07) is 10.9. The van der Waals surface area contributed by atoms with Crippen LogP contribution in [-0.2, 0) is 9.59 Å². The molecule has 2 aliphatic rings. The summed E-state index contributed by atoms with van der Waals surface area (Å²) < 4.78 is 15.1. The highest BCUT2D eigenvalue weighted by Gasteiger charge is 2.44. The molecule has 156 valence electrons. The Kier molecular flexibility index (Phi) is 5.18. The molecule has 1 amide bonds. The fourth-order valence-corrected chi connectivity index (χ4v) is 4.74. The number of amides is 1. The lowest BCUT2D eigenvalue weighted by atomic mass is 9.73. The number of carbonyl (C=O) groups excluding carboxylic acids is 2. The van der Waals surface area contributed by atoms with Crippen LogP contribution in [0, 0.1) is 11.2 Å². The minimum atomic E-state index is -0.930. The van der Waals surface area contributed by atoms with Gasteiger partial charge in [-0.15, -0.1) is 0 Å². The molecule has 1 heterocycles. The number of halogens is 2. The summed E-state index contributed by atoms with van der Waals surface area (Å²) in [6.45, 7) is 5.82. The highest BCUT2D eigenvalue weighted by Crippen LogP contribution is 2.49. The van der Waals surface area contributed by atoms with Crippen molar-refractivity contribution < 1.29 is 14.0 Å². The molecule has 4 rings (SSSR count). The number of nitrogens with zero attached hydrogens (tertiary/aromatic N) is 1. The summed E-state index contributed by atoms with van der Waals surface area (Å²) >= 11 is 6.46. The maximum atomic E-state index is 15.1. The fraction of sp³-hybridized carbons (Fsp3) is 0.333. The second-order valence-electron chi connectivity index (χ2n) is 8.63. The topological polar surface area (TPSA) is 49.4 Å². The molecule has 0 saturated heterocycles. The Labute approximate surface area is 180 Å². The Morgan fingerprint density at radius 2 is 1.93 bits per heavy atom. The van der Waals surface area contributed by atoms with Gasteiger partial charge in [-0.3, -0.25) is 14.5 Å². The van der Waals surface area contributed by atoms with Crippen molar-refractivity contribution in [1.82, 2.24) is 0 Å². The molecule has 1 aliphatic carbocycles. The van der Waals surface area contributed by atoms with Gasteiger partial charge in [-0.05, 0) is 36.1 Å². The third-order valence-electron chi connectivity index (χ3n) is 5.75. The van der Waals surface area contributed by atoms with Gasteiger partial charge in [-0.1, -0.05) is 50.6 Å². The number of anilines is 2. The molecule has 0 spiro atoms. The molecular weight excluding hydrogens is 403 g/mol. The van der Waals surface area contributed by atoms with E-state index in [1.165, 1.54) is 17.0 Å². The minimum Gasteiger partial charge on any atom is -0.357 e. The number of hydrogen-bond donors (Lipinski definition) is 1. The summed E-state index contributed by atoms with van der Waals surface area (Å²) in [6.07, 6.45) is 1.14. The van der Waals surface area contributed by atoms with Gasteiger partial charge < -0.3 is 5.32 Å². The molecule has 0 bridgehead atoms. The van der Waals surface area contributed by atoms with E-state index in [4.69, 9.17) is 11.6 Å². The molecule has 0 unspecified atom stereocenters. The molecule has 30 heavy (non-hydrogen) atoms. The standard InChI is InChI=1S/C24H24ClFN2O2/c1-4-20(30)28-18-11-6-5-10-16(18)27-17-12-24(2,3)13-19(29)22(17)23(28)21-14(25)8-7-9-15(21)26/h5-11,23,27H,4,12-13H2,1-3H3/t23-/m1/s1. The van der Waals surface area contributed by atoms with Crippen LogP contribution in [0.3, 0.4) is 0 Å². The molecule has 4 nitrogen and oxygen atoms in total. The zero-order chi connectivity index (χ0) is 21.6. The molecule has 2 aromatic rings. The normalized spacial score (nSPS) is 20.2. The fourth-order valence-electron chi connectivity index (χ4n) is 4.48. The molecule has 1 atom stereocenters. The van der Waals surface area contributed by atoms with E-state index in [2.05, 4.69) is 5.32 Å². The van der Waals surface area contributed by atoms with Gasteiger partial charge in [0.05, 0.1) is 17.4 Å². The highest BCUT2D eigenvalue weighted by atomic mass is 35.5. The van der Waals surface area contributed by atoms with Crippen molar-refractivity contribution in [2.45, 2.75) is 46.1 Å². The second kappa shape index (κ2) is 7.55. The number of para-hydroxylation sites is 2. The lowest BCUT2D eigenvalue weighted by molar-refractivity contribution is -0.119. The average Bonchev–Trinajstić information content (AvgIpc) is 2.80. The molecule has 2 aromatic carbocycles. The number of nitrogens with one attached hydrogen (secondary N) is 1. The van der Waals surface area contributed by atoms with Crippen molar-refractivity contribution in [1.29, 1.82) is 0 Å². The largest absolute Gasteiger partial charge is 0.357 e. The number of Topliss-reactive ketones (excluding diaryl/α,β-unsaturated/α-hetero) is 1. The minimum absolute atomic E-state index is 0.0974. The summed E-state index contributed by atoms with van der Waals surface area (Å²) in [4.78, 5) is 28.1. The lowest BCUT2D eigenvalue weighted by Gasteiger charge is -2.37. The first-order valence-electron chi connectivity index (χ1n) is 10.1. The van der Waals surface area contributed by atoms with E-state index in [-0.39, 0.29) is 34.1 Å². The number of benzene rings is 2. The van der Waals surface area contributed by atoms with Gasteiger partial charge >= 0.3 is 0 Å². The van der Waals surface area contributed by atoms with Crippen LogP contribution < -0.4 is 10.2 Å². The summed E-state index contributed by atoms with van der Waals surface area (Å²) in [7, 11) is 0. The SMILES string of the molecule is CCC(=O)N1c2ccccc2NC2=C(C(=O)CC(C)(C)C2)[C@H]1c1c(F)cccc1Cl. The predicted octanol–water partition coefficient (Wildman–Crippen LogP) is 6.03. The number of rotatable bonds is 2. The van der Waals surface area contributed by atoms with Crippen molar-refractivity contribution >= 4 is 34.7 Å². The van der Waals surface area contributed by atoms with Crippen LogP contribution in [0.4, 0.5) is 15.8 Å². The Morgan fingerprint density at radius 1 is 1.20 bits per heavy atom. The van der Waals surface area contributed by atoms with Crippen LogP contribution in [0.2, 0.25) is 5.02 Å². The average molecular weight is 427 g/mol. The van der Waals surface area contributed by atoms with E-state index in [0.717, 1.165) is 5.70 Å². The Hall–Kier alpha value is -2.66. The second-order valence-corrected chi connectivity index (χ2v) is 9.04. The third-order valence-corrected chi connectivity index (χ3v) is 6.07. The van der Waals surface area contributed by atoms with Gasteiger partial charge in [-0.25, -0.2) is 4.39 Å². The summed E-state index contributed by atoms with van der Waals surface area (Å²) in [5, 5.41) is 3.59. The van der Waals surface area contributed by atoms with E-state index in [0.29, 0.717) is 29.8 Å². The van der Waals surface area contributed by atoms with Crippen LogP contribution in [-0.4, -0.2) is 11.7 Å². The maximum absolute atomic E-state index is 15.1. The van der Waals surface area contributed by atoms with Gasteiger partial charge in [0.15, 0.2) is 5.78 Å². The van der Waals surface area contributed by atoms with Gasteiger partial charge in [-0.2, -0.15) is 0 Å². The first kappa shape index (κ1) is 20.6.